The summed E-state index contributed by atoms with van der Waals surface area (Å²) in [4.78, 5) is 107. The number of ketones is 1. The normalized spacial score (nSPS) is 20.0. The van der Waals surface area contributed by atoms with E-state index in [2.05, 4.69) is 75.1 Å². The topological polar surface area (TPSA) is 189 Å². The maximum absolute atomic E-state index is 15.2. The minimum atomic E-state index is -0.861. The Balaban J connectivity index is 1.05. The molecule has 5 aromatic carbocycles. The number of nitrogens with one attached hydrogen (secondary N) is 5. The van der Waals surface area contributed by atoms with Gasteiger partial charge < -0.3 is 41.3 Å². The molecule has 0 bridgehead atoms. The van der Waals surface area contributed by atoms with Gasteiger partial charge in [-0.1, -0.05) is 146 Å². The largest absolute Gasteiger partial charge is 0.347 e. The molecule has 1 saturated heterocycles. The average molecular weight is 1160 g/mol. The number of carbonyl (C=O) groups excluding carboxylic acids is 7. The Hall–Kier alpha value is -7.23. The van der Waals surface area contributed by atoms with Gasteiger partial charge in [-0.25, -0.2) is 0 Å². The lowest BCUT2D eigenvalue weighted by Gasteiger charge is -2.43. The molecule has 0 spiro atoms. The van der Waals surface area contributed by atoms with Gasteiger partial charge in [0, 0.05) is 55.2 Å². The van der Waals surface area contributed by atoms with Gasteiger partial charge in [-0.2, -0.15) is 0 Å². The highest BCUT2D eigenvalue weighted by atomic mass is 16.2. The minimum Gasteiger partial charge on any atom is -0.347 e. The number of likely N-dealkylation sites (N-methyl/N-ethyl adjacent to an activating group) is 2. The predicted octanol–water partition coefficient (Wildman–Crippen LogP) is 9.01. The molecule has 3 aliphatic rings. The maximum atomic E-state index is 15.2. The lowest BCUT2D eigenvalue weighted by Crippen LogP contribution is -2.61. The van der Waals surface area contributed by atoms with Gasteiger partial charge in [0.1, 0.15) is 12.1 Å². The summed E-state index contributed by atoms with van der Waals surface area (Å²) >= 11 is 0. The van der Waals surface area contributed by atoms with E-state index < -0.39 is 52.9 Å². The molecule has 5 aromatic rings. The van der Waals surface area contributed by atoms with Crippen LogP contribution in [0.15, 0.2) is 115 Å². The van der Waals surface area contributed by atoms with Gasteiger partial charge in [-0.15, -0.1) is 0 Å². The summed E-state index contributed by atoms with van der Waals surface area (Å²) in [5, 5.41) is 17.8. The molecule has 8 rings (SSSR count). The molecule has 6 amide bonds. The predicted molar refractivity (Wildman–Crippen MR) is 335 cm³/mol. The summed E-state index contributed by atoms with van der Waals surface area (Å²) in [6.07, 6.45) is 4.28. The number of carbonyl (C=O) groups is 7. The first-order valence-corrected chi connectivity index (χ1v) is 30.8. The van der Waals surface area contributed by atoms with Gasteiger partial charge in [0.05, 0.1) is 24.2 Å². The van der Waals surface area contributed by atoms with E-state index in [0.717, 1.165) is 52.3 Å². The van der Waals surface area contributed by atoms with E-state index in [9.17, 15) is 19.2 Å². The highest BCUT2D eigenvalue weighted by Gasteiger charge is 2.47. The Kier molecular flexibility index (Phi) is 20.6. The average Bonchev–Trinajstić information content (AvgIpc) is 4.07. The van der Waals surface area contributed by atoms with Crippen LogP contribution in [0.1, 0.15) is 149 Å². The summed E-state index contributed by atoms with van der Waals surface area (Å²) in [5.74, 6) is -2.52. The Morgan fingerprint density at radius 1 is 0.671 bits per heavy atom. The summed E-state index contributed by atoms with van der Waals surface area (Å²) in [5.41, 5.74) is 4.94. The first-order chi connectivity index (χ1) is 40.4. The first kappa shape index (κ1) is 63.8. The highest BCUT2D eigenvalue weighted by Crippen LogP contribution is 2.38. The number of hydrogen-bond donors (Lipinski definition) is 5. The van der Waals surface area contributed by atoms with E-state index in [4.69, 9.17) is 0 Å². The number of amides is 6. The smallest absolute Gasteiger partial charge is 0.253 e. The number of rotatable bonds is 21. The highest BCUT2D eigenvalue weighted by molar-refractivity contribution is 5.99. The first-order valence-electron chi connectivity index (χ1n) is 30.8. The van der Waals surface area contributed by atoms with Crippen molar-refractivity contribution in [2.24, 2.45) is 28.6 Å². The van der Waals surface area contributed by atoms with Crippen molar-refractivity contribution in [3.63, 3.8) is 0 Å². The Morgan fingerprint density at radius 2 is 1.31 bits per heavy atom. The van der Waals surface area contributed by atoms with Crippen molar-refractivity contribution in [1.29, 1.82) is 0 Å². The standard InChI is InChI=1S/C70H92N8O7/c1-43(44(2)61(79)45(3)71-11)36-58(69(5,6)7)67(84)78-41-55(39-60(78)65(82)74-59-27-19-25-49-21-17-18-26-57(49)59)73-64(81)50-30-32-51(33-31-50)66(83)76(35-34-47-28-29-48-20-13-14-22-52(48)37-47)42-56-38-53-23-15-16-24-54(53)40-77(56)68(85)62(70(8,9)10)75-63(80)46(4)72-12/h13-18,20-24,26,28-33,37,43-46,55-56,58-60,62,71-72H,19,25,27,34-36,38-42H2,1-12H3,(H,73,81)(H,74,82)(H,75,80). The van der Waals surface area contributed by atoms with Gasteiger partial charge in [0.2, 0.25) is 23.6 Å². The van der Waals surface area contributed by atoms with Crippen molar-refractivity contribution in [3.8, 4) is 0 Å². The molecule has 5 N–H and O–H groups in total. The number of Topliss-reactive ketones (excluding diaryl/α,β-unsaturated/α-hetero) is 1. The number of benzene rings is 5. The fourth-order valence-corrected chi connectivity index (χ4v) is 12.6. The maximum Gasteiger partial charge on any atom is 0.253 e. The lowest BCUT2D eigenvalue weighted by molar-refractivity contribution is -0.145. The molecule has 10 atom stereocenters. The number of fused-ring (bicyclic) bond motifs is 3. The second-order valence-electron chi connectivity index (χ2n) is 26.6. The summed E-state index contributed by atoms with van der Waals surface area (Å²) < 4.78 is 0. The zero-order chi connectivity index (χ0) is 61.5. The van der Waals surface area contributed by atoms with Crippen LogP contribution in [0.25, 0.3) is 10.8 Å². The molecule has 85 heavy (non-hydrogen) atoms. The molecule has 10 unspecified atom stereocenters. The van der Waals surface area contributed by atoms with Gasteiger partial charge >= 0.3 is 0 Å². The molecule has 1 fully saturated rings. The van der Waals surface area contributed by atoms with Gasteiger partial charge in [-0.3, -0.25) is 33.6 Å². The second kappa shape index (κ2) is 27.4. The van der Waals surface area contributed by atoms with E-state index in [-0.39, 0.29) is 78.7 Å². The monoisotopic (exact) mass is 1160 g/mol. The SMILES string of the molecule is CNC(C)C(=O)NC(C(=O)N1Cc2ccccc2CC1CN(CCc1ccc2ccccc2c1)C(=O)c1ccc(C(=O)NC2CC(C(=O)NC3CCCc4ccccc43)N(C(=O)C(CC(C)C(C)C(=O)C(C)NC)C(C)(C)C)C2)cc1)C(C)(C)C. The number of aryl methyl sites for hydroxylation is 1. The van der Waals surface area contributed by atoms with Crippen LogP contribution < -0.4 is 26.6 Å². The fraction of sp³-hybridized carbons (Fsp3) is 0.500. The van der Waals surface area contributed by atoms with E-state index in [1.54, 1.807) is 50.2 Å². The van der Waals surface area contributed by atoms with E-state index >= 15 is 14.4 Å². The molecule has 2 aliphatic heterocycles. The third-order valence-electron chi connectivity index (χ3n) is 18.5. The van der Waals surface area contributed by atoms with Crippen molar-refractivity contribution in [3.05, 3.63) is 154 Å². The van der Waals surface area contributed by atoms with Crippen LogP contribution in [0.4, 0.5) is 0 Å². The molecule has 0 saturated carbocycles. The number of nitrogens with zero attached hydrogens (tertiary/aromatic N) is 3. The zero-order valence-electron chi connectivity index (χ0n) is 52.2. The number of hydrogen-bond acceptors (Lipinski definition) is 9. The molecule has 15 heteroatoms. The van der Waals surface area contributed by atoms with Crippen molar-refractivity contribution < 1.29 is 33.6 Å². The lowest BCUT2D eigenvalue weighted by atomic mass is 9.72. The second-order valence-corrected chi connectivity index (χ2v) is 26.6. The van der Waals surface area contributed by atoms with Crippen LogP contribution in [-0.4, -0.2) is 126 Å². The molecule has 0 radical (unpaired) electrons. The Labute approximate surface area is 504 Å². The van der Waals surface area contributed by atoms with Crippen molar-refractivity contribution in [1.82, 2.24) is 41.3 Å². The Morgan fingerprint density at radius 3 is 1.98 bits per heavy atom. The van der Waals surface area contributed by atoms with Crippen LogP contribution in [0.5, 0.6) is 0 Å². The minimum absolute atomic E-state index is 0.0791. The quantitative estimate of drug-likeness (QED) is 0.0478. The number of likely N-dealkylation sites (tertiary alicyclic amines) is 1. The van der Waals surface area contributed by atoms with Crippen molar-refractivity contribution in [2.45, 2.75) is 163 Å². The van der Waals surface area contributed by atoms with E-state index in [1.807, 2.05) is 115 Å². The zero-order valence-corrected chi connectivity index (χ0v) is 52.2. The third kappa shape index (κ3) is 15.2. The van der Waals surface area contributed by atoms with Gasteiger partial charge in [0.15, 0.2) is 5.78 Å². The van der Waals surface area contributed by atoms with Gasteiger partial charge in [0.25, 0.3) is 11.8 Å². The summed E-state index contributed by atoms with van der Waals surface area (Å²) in [7, 11) is 3.47. The molecule has 0 aromatic heterocycles. The third-order valence-corrected chi connectivity index (χ3v) is 18.5. The summed E-state index contributed by atoms with van der Waals surface area (Å²) in [6, 6.07) is 33.5. The molecule has 2 heterocycles. The molecule has 1 aliphatic carbocycles. The van der Waals surface area contributed by atoms with Crippen molar-refractivity contribution >= 4 is 52.0 Å². The van der Waals surface area contributed by atoms with Crippen LogP contribution in [0.2, 0.25) is 0 Å². The molecular weight excluding hydrogens is 1060 g/mol. The van der Waals surface area contributed by atoms with E-state index in [0.29, 0.717) is 43.5 Å². The Bertz CT molecular complexity index is 3220. The summed E-state index contributed by atoms with van der Waals surface area (Å²) in [6.45, 7) is 20.4. The van der Waals surface area contributed by atoms with Gasteiger partial charge in [-0.05, 0) is 152 Å². The van der Waals surface area contributed by atoms with Crippen molar-refractivity contribution in [2.75, 3.05) is 33.7 Å². The molecular formula is C70H92N8O7. The van der Waals surface area contributed by atoms with Crippen LogP contribution in [-0.2, 0) is 49.8 Å². The molecule has 454 valence electrons. The van der Waals surface area contributed by atoms with E-state index in [1.165, 1.54) is 5.56 Å². The molecule has 15 nitrogen and oxygen atoms in total. The van der Waals surface area contributed by atoms with Crippen LogP contribution >= 0.6 is 0 Å². The fourth-order valence-electron chi connectivity index (χ4n) is 12.6. The van der Waals surface area contributed by atoms with Crippen LogP contribution in [0, 0.1) is 28.6 Å². The van der Waals surface area contributed by atoms with Crippen LogP contribution in [0.3, 0.4) is 0 Å².